The highest BCUT2D eigenvalue weighted by Crippen LogP contribution is 2.38. The van der Waals surface area contributed by atoms with Crippen LogP contribution in [-0.4, -0.2) is 15.1 Å². The zero-order valence-electron chi connectivity index (χ0n) is 10.2. The molecule has 2 unspecified atom stereocenters. The fourth-order valence-corrected chi connectivity index (χ4v) is 3.31. The Hall–Kier alpha value is -1.45. The van der Waals surface area contributed by atoms with Crippen LogP contribution in [0.5, 0.6) is 0 Å². The lowest BCUT2D eigenvalue weighted by molar-refractivity contribution is 0.647. The second-order valence-electron chi connectivity index (χ2n) is 4.59. The van der Waals surface area contributed by atoms with E-state index < -0.39 is 11.0 Å². The molecule has 3 heteroatoms. The van der Waals surface area contributed by atoms with Crippen molar-refractivity contribution in [2.24, 2.45) is 0 Å². The van der Waals surface area contributed by atoms with Crippen LogP contribution in [0.15, 0.2) is 59.5 Å². The molecule has 3 rings (SSSR count). The van der Waals surface area contributed by atoms with E-state index >= 15 is 0 Å². The van der Waals surface area contributed by atoms with Gasteiger partial charge in [-0.1, -0.05) is 48.0 Å². The van der Waals surface area contributed by atoms with Gasteiger partial charge in [0.1, 0.15) is 11.0 Å². The third kappa shape index (κ3) is 2.24. The zero-order chi connectivity index (χ0) is 12.5. The Bertz CT molecular complexity index is 565. The molecule has 18 heavy (non-hydrogen) atoms. The first-order chi connectivity index (χ1) is 8.75. The van der Waals surface area contributed by atoms with Gasteiger partial charge in [-0.05, 0) is 24.6 Å². The first kappa shape index (κ1) is 11.6. The summed E-state index contributed by atoms with van der Waals surface area (Å²) in [6.45, 7) is 2.92. The fourth-order valence-electron chi connectivity index (χ4n) is 2.04. The van der Waals surface area contributed by atoms with Crippen molar-refractivity contribution in [3.05, 3.63) is 65.7 Å². The number of benzene rings is 2. The molecule has 1 heterocycles. The summed E-state index contributed by atoms with van der Waals surface area (Å²) in [5.74, 6) is 0. The van der Waals surface area contributed by atoms with Crippen LogP contribution in [0.25, 0.3) is 0 Å². The molecule has 2 aromatic rings. The molecule has 0 aromatic heterocycles. The van der Waals surface area contributed by atoms with E-state index in [1.807, 2.05) is 53.7 Å². The highest BCUT2D eigenvalue weighted by Gasteiger charge is 2.40. The molecule has 1 fully saturated rings. The highest BCUT2D eigenvalue weighted by molar-refractivity contribution is 7.83. The molecular weight excluding hydrogens is 242 g/mol. The standard InChI is InChI=1S/C15H15NOS/c1-12-7-9-14(10-8-12)18(17)16-11-15(16)13-5-3-2-4-6-13/h2-10,15H,11H2,1H3/t15?,16?,18-/m0/s1. The predicted octanol–water partition coefficient (Wildman–Crippen LogP) is 3.07. The van der Waals surface area contributed by atoms with Crippen LogP contribution in [0, 0.1) is 6.92 Å². The highest BCUT2D eigenvalue weighted by atomic mass is 32.2. The molecule has 0 N–H and O–H groups in total. The van der Waals surface area contributed by atoms with Gasteiger partial charge in [0.15, 0.2) is 0 Å². The van der Waals surface area contributed by atoms with Crippen LogP contribution in [0.4, 0.5) is 0 Å². The monoisotopic (exact) mass is 257 g/mol. The second-order valence-corrected chi connectivity index (χ2v) is 6.03. The van der Waals surface area contributed by atoms with Crippen LogP contribution in [0.1, 0.15) is 17.2 Å². The molecule has 1 saturated heterocycles. The van der Waals surface area contributed by atoms with E-state index in [1.54, 1.807) is 0 Å². The summed E-state index contributed by atoms with van der Waals surface area (Å²) in [5.41, 5.74) is 2.44. The molecule has 0 bridgehead atoms. The van der Waals surface area contributed by atoms with E-state index in [0.29, 0.717) is 6.04 Å². The van der Waals surface area contributed by atoms with E-state index in [2.05, 4.69) is 12.1 Å². The molecule has 92 valence electrons. The van der Waals surface area contributed by atoms with E-state index in [1.165, 1.54) is 11.1 Å². The number of aryl methyl sites for hydroxylation is 1. The van der Waals surface area contributed by atoms with Gasteiger partial charge in [0.25, 0.3) is 0 Å². The van der Waals surface area contributed by atoms with Gasteiger partial charge in [-0.15, -0.1) is 0 Å². The van der Waals surface area contributed by atoms with Crippen LogP contribution in [-0.2, 0) is 11.0 Å². The molecule has 0 radical (unpaired) electrons. The van der Waals surface area contributed by atoms with Crippen molar-refractivity contribution in [1.82, 2.24) is 4.31 Å². The summed E-state index contributed by atoms with van der Waals surface area (Å²) in [7, 11) is -1.03. The van der Waals surface area contributed by atoms with Crippen molar-refractivity contribution in [2.45, 2.75) is 17.9 Å². The molecule has 2 aromatic carbocycles. The molecule has 3 atom stereocenters. The van der Waals surface area contributed by atoms with Crippen LogP contribution >= 0.6 is 0 Å². The van der Waals surface area contributed by atoms with Gasteiger partial charge in [0.05, 0.1) is 10.9 Å². The number of hydrogen-bond donors (Lipinski definition) is 0. The molecule has 1 aliphatic heterocycles. The quantitative estimate of drug-likeness (QED) is 0.774. The lowest BCUT2D eigenvalue weighted by Crippen LogP contribution is -2.04. The van der Waals surface area contributed by atoms with E-state index in [9.17, 15) is 4.21 Å². The van der Waals surface area contributed by atoms with Gasteiger partial charge in [0, 0.05) is 6.54 Å². The Kier molecular flexibility index (Phi) is 3.02. The number of rotatable bonds is 3. The van der Waals surface area contributed by atoms with Crippen molar-refractivity contribution in [3.8, 4) is 0 Å². The van der Waals surface area contributed by atoms with Gasteiger partial charge >= 0.3 is 0 Å². The Morgan fingerprint density at radius 1 is 1.06 bits per heavy atom. The third-order valence-corrected chi connectivity index (χ3v) is 4.69. The first-order valence-corrected chi connectivity index (χ1v) is 7.16. The fraction of sp³-hybridized carbons (Fsp3) is 0.200. The van der Waals surface area contributed by atoms with Crippen molar-refractivity contribution >= 4 is 11.0 Å². The molecular formula is C15H15NOS. The minimum atomic E-state index is -1.03. The van der Waals surface area contributed by atoms with Crippen molar-refractivity contribution in [3.63, 3.8) is 0 Å². The Morgan fingerprint density at radius 3 is 2.39 bits per heavy atom. The van der Waals surface area contributed by atoms with Crippen LogP contribution in [0.3, 0.4) is 0 Å². The van der Waals surface area contributed by atoms with Crippen molar-refractivity contribution in [1.29, 1.82) is 0 Å². The average Bonchev–Trinajstić information content (AvgIpc) is 3.20. The third-order valence-electron chi connectivity index (χ3n) is 3.19. The smallest absolute Gasteiger partial charge is 0.128 e. The molecule has 0 aliphatic carbocycles. The Morgan fingerprint density at radius 2 is 1.72 bits per heavy atom. The maximum absolute atomic E-state index is 12.3. The van der Waals surface area contributed by atoms with E-state index in [4.69, 9.17) is 0 Å². The van der Waals surface area contributed by atoms with E-state index in [-0.39, 0.29) is 0 Å². The zero-order valence-corrected chi connectivity index (χ0v) is 11.1. The first-order valence-electron chi connectivity index (χ1n) is 6.06. The molecule has 0 spiro atoms. The van der Waals surface area contributed by atoms with Gasteiger partial charge in [-0.25, -0.2) is 8.51 Å². The second kappa shape index (κ2) is 4.67. The number of hydrogen-bond acceptors (Lipinski definition) is 1. The summed E-state index contributed by atoms with van der Waals surface area (Å²) >= 11 is 0. The van der Waals surface area contributed by atoms with Gasteiger partial charge in [-0.3, -0.25) is 0 Å². The van der Waals surface area contributed by atoms with Crippen LogP contribution in [0.2, 0.25) is 0 Å². The lowest BCUT2D eigenvalue weighted by atomic mass is 10.2. The minimum absolute atomic E-state index is 0.313. The summed E-state index contributed by atoms with van der Waals surface area (Å²) in [4.78, 5) is 0.888. The Labute approximate surface area is 110 Å². The maximum Gasteiger partial charge on any atom is 0.128 e. The van der Waals surface area contributed by atoms with Crippen molar-refractivity contribution < 1.29 is 4.21 Å². The summed E-state index contributed by atoms with van der Waals surface area (Å²) < 4.78 is 14.4. The topological polar surface area (TPSA) is 20.1 Å². The Balaban J connectivity index is 1.75. The largest absolute Gasteiger partial charge is 0.237 e. The predicted molar refractivity (Wildman–Crippen MR) is 73.5 cm³/mol. The van der Waals surface area contributed by atoms with Gasteiger partial charge < -0.3 is 0 Å². The average molecular weight is 257 g/mol. The lowest BCUT2D eigenvalue weighted by Gasteiger charge is -2.04. The van der Waals surface area contributed by atoms with E-state index in [0.717, 1.165) is 11.4 Å². The minimum Gasteiger partial charge on any atom is -0.237 e. The summed E-state index contributed by atoms with van der Waals surface area (Å²) in [5, 5.41) is 0. The van der Waals surface area contributed by atoms with Gasteiger partial charge in [0.2, 0.25) is 0 Å². The molecule has 1 aliphatic rings. The normalized spacial score (nSPS) is 23.6. The van der Waals surface area contributed by atoms with Crippen LogP contribution < -0.4 is 0 Å². The number of nitrogens with zero attached hydrogens (tertiary/aromatic N) is 1. The molecule has 0 amide bonds. The summed E-state index contributed by atoms with van der Waals surface area (Å²) in [6.07, 6.45) is 0. The summed E-state index contributed by atoms with van der Waals surface area (Å²) in [6, 6.07) is 18.5. The molecule has 2 nitrogen and oxygen atoms in total. The molecule has 0 saturated carbocycles. The maximum atomic E-state index is 12.3. The SMILES string of the molecule is Cc1ccc([S@](=O)N2CC2c2ccccc2)cc1. The van der Waals surface area contributed by atoms with Crippen molar-refractivity contribution in [2.75, 3.05) is 6.54 Å². The van der Waals surface area contributed by atoms with Gasteiger partial charge in [-0.2, -0.15) is 0 Å².